The third kappa shape index (κ3) is 2.60. The van der Waals surface area contributed by atoms with E-state index in [4.69, 9.17) is 9.15 Å². The van der Waals surface area contributed by atoms with E-state index in [2.05, 4.69) is 5.10 Å². The van der Waals surface area contributed by atoms with Crippen LogP contribution in [0, 0.1) is 0 Å². The molecule has 0 aliphatic carbocycles. The highest BCUT2D eigenvalue weighted by Crippen LogP contribution is 2.27. The van der Waals surface area contributed by atoms with Gasteiger partial charge in [-0.3, -0.25) is 4.79 Å². The number of nitrogens with zero attached hydrogens (tertiary/aromatic N) is 2. The van der Waals surface area contributed by atoms with Crippen LogP contribution in [0.1, 0.15) is 26.4 Å². The second kappa shape index (κ2) is 6.66. The number of methoxy groups -OCH3 is 1. The molecule has 7 heteroatoms. The first kappa shape index (κ1) is 17.8. The maximum Gasteiger partial charge on any atom is 0.347 e. The minimum absolute atomic E-state index is 0.0683. The third-order valence-electron chi connectivity index (χ3n) is 5.03. The summed E-state index contributed by atoms with van der Waals surface area (Å²) in [6, 6.07) is 17.2. The Morgan fingerprint density at radius 2 is 1.70 bits per heavy atom. The van der Waals surface area contributed by atoms with Crippen LogP contribution in [0.15, 0.2) is 76.1 Å². The van der Waals surface area contributed by atoms with Gasteiger partial charge in [0.25, 0.3) is 0 Å². The monoisotopic (exact) mass is 398 g/mol. The Balaban J connectivity index is 1.80. The second-order valence-corrected chi connectivity index (χ2v) is 6.74. The van der Waals surface area contributed by atoms with Gasteiger partial charge in [0.15, 0.2) is 0 Å². The number of ketones is 1. The van der Waals surface area contributed by atoms with Gasteiger partial charge in [0.2, 0.25) is 5.78 Å². The molecule has 0 fully saturated rings. The van der Waals surface area contributed by atoms with E-state index in [-0.39, 0.29) is 16.8 Å². The maximum atomic E-state index is 13.3. The summed E-state index contributed by atoms with van der Waals surface area (Å²) in [5.41, 5.74) is 0.189. The zero-order chi connectivity index (χ0) is 20.8. The normalized spacial score (nSPS) is 11.2. The van der Waals surface area contributed by atoms with Crippen LogP contribution in [0.3, 0.4) is 0 Å². The molecule has 2 aromatic carbocycles. The summed E-state index contributed by atoms with van der Waals surface area (Å²) in [6.07, 6.45) is 1.60. The average molecular weight is 398 g/mol. The molecule has 0 bridgehead atoms. The Morgan fingerprint density at radius 3 is 2.50 bits per heavy atom. The van der Waals surface area contributed by atoms with Crippen molar-refractivity contribution >= 4 is 39.0 Å². The first-order valence-corrected chi connectivity index (χ1v) is 9.14. The molecule has 0 amide bonds. The summed E-state index contributed by atoms with van der Waals surface area (Å²) in [6.45, 7) is 0. The molecule has 146 valence electrons. The van der Waals surface area contributed by atoms with Crippen LogP contribution >= 0.6 is 0 Å². The van der Waals surface area contributed by atoms with Gasteiger partial charge in [-0.05, 0) is 18.2 Å². The number of carbonyl (C=O) groups excluding carboxylic acids is 2. The molecule has 0 saturated carbocycles. The topological polar surface area (TPSA) is 90.9 Å². The van der Waals surface area contributed by atoms with Gasteiger partial charge in [0.1, 0.15) is 16.8 Å². The number of fused-ring (bicyclic) bond motifs is 4. The molecule has 0 radical (unpaired) electrons. The van der Waals surface area contributed by atoms with Gasteiger partial charge in [-0.15, -0.1) is 0 Å². The van der Waals surface area contributed by atoms with Gasteiger partial charge in [-0.1, -0.05) is 42.5 Å². The fourth-order valence-electron chi connectivity index (χ4n) is 3.61. The van der Waals surface area contributed by atoms with E-state index in [1.807, 2.05) is 24.3 Å². The van der Waals surface area contributed by atoms with Gasteiger partial charge in [-0.2, -0.15) is 5.10 Å². The Kier molecular flexibility index (Phi) is 3.96. The Labute approximate surface area is 169 Å². The lowest BCUT2D eigenvalue weighted by Crippen LogP contribution is -2.16. The molecule has 0 spiro atoms. The lowest BCUT2D eigenvalue weighted by atomic mass is 10.1. The van der Waals surface area contributed by atoms with E-state index in [9.17, 15) is 14.4 Å². The number of para-hydroxylation sites is 1. The summed E-state index contributed by atoms with van der Waals surface area (Å²) in [5, 5.41) is 6.50. The number of aromatic nitrogens is 2. The van der Waals surface area contributed by atoms with Crippen molar-refractivity contribution < 1.29 is 18.7 Å². The number of hydrogen-bond acceptors (Lipinski definition) is 6. The van der Waals surface area contributed by atoms with Gasteiger partial charge in [-0.25, -0.2) is 14.1 Å². The summed E-state index contributed by atoms with van der Waals surface area (Å²) < 4.78 is 11.6. The van der Waals surface area contributed by atoms with E-state index in [1.165, 1.54) is 23.8 Å². The molecule has 5 aromatic rings. The number of hydrogen-bond donors (Lipinski definition) is 0. The fraction of sp³-hybridized carbons (Fsp3) is 0.0435. The van der Waals surface area contributed by atoms with Crippen LogP contribution in [-0.4, -0.2) is 28.5 Å². The van der Waals surface area contributed by atoms with Crippen molar-refractivity contribution in [2.24, 2.45) is 0 Å². The molecule has 0 saturated heterocycles. The van der Waals surface area contributed by atoms with Crippen LogP contribution in [0.5, 0.6) is 0 Å². The smallest absolute Gasteiger partial charge is 0.347 e. The van der Waals surface area contributed by atoms with Crippen LogP contribution in [-0.2, 0) is 4.74 Å². The van der Waals surface area contributed by atoms with Crippen molar-refractivity contribution in [1.82, 2.24) is 9.61 Å². The predicted molar refractivity (Wildman–Crippen MR) is 110 cm³/mol. The number of ether oxygens (including phenoxy) is 1. The zero-order valence-electron chi connectivity index (χ0n) is 15.8. The average Bonchev–Trinajstić information content (AvgIpc) is 3.18. The highest BCUT2D eigenvalue weighted by atomic mass is 16.5. The molecule has 30 heavy (non-hydrogen) atoms. The van der Waals surface area contributed by atoms with Gasteiger partial charge >= 0.3 is 11.6 Å². The van der Waals surface area contributed by atoms with Crippen molar-refractivity contribution in [1.29, 1.82) is 0 Å². The van der Waals surface area contributed by atoms with Crippen molar-refractivity contribution in [3.8, 4) is 0 Å². The lowest BCUT2D eigenvalue weighted by molar-refractivity contribution is 0.0603. The lowest BCUT2D eigenvalue weighted by Gasteiger charge is -2.05. The van der Waals surface area contributed by atoms with Crippen LogP contribution in [0.25, 0.3) is 27.3 Å². The maximum absolute atomic E-state index is 13.3. The third-order valence-corrected chi connectivity index (χ3v) is 5.03. The minimum Gasteiger partial charge on any atom is -0.465 e. The highest BCUT2D eigenvalue weighted by Gasteiger charge is 2.25. The second-order valence-electron chi connectivity index (χ2n) is 6.74. The predicted octanol–water partition coefficient (Wildman–Crippen LogP) is 3.61. The Hall–Kier alpha value is -4.26. The quantitative estimate of drug-likeness (QED) is 0.262. The number of rotatable bonds is 3. The van der Waals surface area contributed by atoms with E-state index >= 15 is 0 Å². The van der Waals surface area contributed by atoms with Crippen molar-refractivity contribution in [2.75, 3.05) is 7.11 Å². The zero-order valence-corrected chi connectivity index (χ0v) is 15.8. The van der Waals surface area contributed by atoms with Crippen molar-refractivity contribution in [3.63, 3.8) is 0 Å². The van der Waals surface area contributed by atoms with E-state index in [1.54, 1.807) is 30.5 Å². The SMILES string of the molecule is COC(=O)c1cc(C(=O)c2cc3ccccc3oc2=O)n2ncc3ccccc3c12. The van der Waals surface area contributed by atoms with Gasteiger partial charge < -0.3 is 9.15 Å². The molecule has 0 N–H and O–H groups in total. The first-order valence-electron chi connectivity index (χ1n) is 9.14. The molecule has 5 rings (SSSR count). The van der Waals surface area contributed by atoms with Gasteiger partial charge in [0.05, 0.1) is 24.4 Å². The summed E-state index contributed by atoms with van der Waals surface area (Å²) >= 11 is 0. The highest BCUT2D eigenvalue weighted by molar-refractivity contribution is 6.14. The molecule has 3 heterocycles. The Bertz CT molecular complexity index is 1540. The summed E-state index contributed by atoms with van der Waals surface area (Å²) in [7, 11) is 1.27. The molecule has 3 aromatic heterocycles. The minimum atomic E-state index is -0.756. The van der Waals surface area contributed by atoms with Crippen molar-refractivity contribution in [3.05, 3.63) is 94.1 Å². The van der Waals surface area contributed by atoms with Gasteiger partial charge in [0, 0.05) is 16.2 Å². The molecule has 0 atom stereocenters. The number of esters is 1. The van der Waals surface area contributed by atoms with E-state index < -0.39 is 17.4 Å². The first-order chi connectivity index (χ1) is 14.6. The van der Waals surface area contributed by atoms with Crippen LogP contribution in [0.2, 0.25) is 0 Å². The Morgan fingerprint density at radius 1 is 0.967 bits per heavy atom. The number of carbonyl (C=O) groups is 2. The van der Waals surface area contributed by atoms with Crippen LogP contribution in [0.4, 0.5) is 0 Å². The summed E-state index contributed by atoms with van der Waals surface area (Å²) in [4.78, 5) is 38.2. The standard InChI is InChI=1S/C23H14N2O5/c1-29-22(27)16-11-18(25-20(16)15-8-4-2-7-14(15)12-24-25)21(26)17-10-13-6-3-5-9-19(13)30-23(17)28/h2-12H,1H3. The van der Waals surface area contributed by atoms with Crippen LogP contribution < -0.4 is 5.63 Å². The molecular formula is C23H14N2O5. The molecule has 0 aliphatic rings. The van der Waals surface area contributed by atoms with E-state index in [0.29, 0.717) is 16.5 Å². The molecule has 7 nitrogen and oxygen atoms in total. The van der Waals surface area contributed by atoms with Crippen molar-refractivity contribution in [2.45, 2.75) is 0 Å². The number of benzene rings is 2. The largest absolute Gasteiger partial charge is 0.465 e. The fourth-order valence-corrected chi connectivity index (χ4v) is 3.61. The summed E-state index contributed by atoms with van der Waals surface area (Å²) in [5.74, 6) is -1.20. The molecule has 0 unspecified atom stereocenters. The molecule has 0 aliphatic heterocycles. The molecular weight excluding hydrogens is 384 g/mol. The van der Waals surface area contributed by atoms with E-state index in [0.717, 1.165) is 10.8 Å².